The van der Waals surface area contributed by atoms with Crippen molar-refractivity contribution >= 4 is 15.7 Å². The third-order valence-electron chi connectivity index (χ3n) is 3.83. The zero-order valence-electron chi connectivity index (χ0n) is 14.2. The summed E-state index contributed by atoms with van der Waals surface area (Å²) >= 11 is 0. The minimum absolute atomic E-state index is 0.127. The van der Waals surface area contributed by atoms with Gasteiger partial charge in [0.05, 0.1) is 17.0 Å². The third kappa shape index (κ3) is 4.54. The highest BCUT2D eigenvalue weighted by atomic mass is 32.2. The fraction of sp³-hybridized carbons (Fsp3) is 0.167. The Kier molecular flexibility index (Phi) is 5.13. The SMILES string of the molecule is CS(=O)(=O)c1ccc(CC(=O)NCc2ccc(-n3cncn3)cc2)cc1. The molecule has 0 fully saturated rings. The van der Waals surface area contributed by atoms with Gasteiger partial charge in [0.1, 0.15) is 12.7 Å². The summed E-state index contributed by atoms with van der Waals surface area (Å²) in [6.07, 6.45) is 4.44. The van der Waals surface area contributed by atoms with Crippen LogP contribution in [0.1, 0.15) is 11.1 Å². The highest BCUT2D eigenvalue weighted by Crippen LogP contribution is 2.11. The maximum absolute atomic E-state index is 12.1. The first-order valence-corrected chi connectivity index (χ1v) is 9.80. The zero-order valence-corrected chi connectivity index (χ0v) is 15.0. The molecule has 0 saturated heterocycles. The third-order valence-corrected chi connectivity index (χ3v) is 4.95. The number of nitrogens with one attached hydrogen (secondary N) is 1. The lowest BCUT2D eigenvalue weighted by Gasteiger charge is -2.07. The van der Waals surface area contributed by atoms with Gasteiger partial charge in [-0.2, -0.15) is 5.10 Å². The van der Waals surface area contributed by atoms with Gasteiger partial charge in [0.2, 0.25) is 5.91 Å². The molecule has 0 bridgehead atoms. The minimum Gasteiger partial charge on any atom is -0.352 e. The van der Waals surface area contributed by atoms with Gasteiger partial charge in [0, 0.05) is 12.8 Å². The second kappa shape index (κ2) is 7.49. The van der Waals surface area contributed by atoms with Crippen LogP contribution >= 0.6 is 0 Å². The summed E-state index contributed by atoms with van der Waals surface area (Å²) in [5, 5.41) is 6.91. The summed E-state index contributed by atoms with van der Waals surface area (Å²) < 4.78 is 24.5. The number of hydrogen-bond donors (Lipinski definition) is 1. The molecule has 8 heteroatoms. The van der Waals surface area contributed by atoms with Crippen molar-refractivity contribution in [3.05, 3.63) is 72.3 Å². The van der Waals surface area contributed by atoms with Crippen LogP contribution < -0.4 is 5.32 Å². The fourth-order valence-electron chi connectivity index (χ4n) is 2.41. The van der Waals surface area contributed by atoms with Gasteiger partial charge >= 0.3 is 0 Å². The zero-order chi connectivity index (χ0) is 18.6. The van der Waals surface area contributed by atoms with E-state index in [1.165, 1.54) is 18.5 Å². The Bertz CT molecular complexity index is 980. The number of rotatable bonds is 6. The van der Waals surface area contributed by atoms with Gasteiger partial charge in [0.25, 0.3) is 0 Å². The highest BCUT2D eigenvalue weighted by molar-refractivity contribution is 7.90. The normalized spacial score (nSPS) is 11.3. The Balaban J connectivity index is 1.54. The smallest absolute Gasteiger partial charge is 0.224 e. The molecule has 0 aliphatic carbocycles. The molecule has 1 amide bonds. The first-order chi connectivity index (χ1) is 12.4. The van der Waals surface area contributed by atoms with Crippen molar-refractivity contribution in [3.8, 4) is 5.69 Å². The Morgan fingerprint density at radius 3 is 2.27 bits per heavy atom. The molecule has 1 N–H and O–H groups in total. The fourth-order valence-corrected chi connectivity index (χ4v) is 3.04. The van der Waals surface area contributed by atoms with Crippen molar-refractivity contribution in [3.63, 3.8) is 0 Å². The Hall–Kier alpha value is -3.00. The van der Waals surface area contributed by atoms with Crippen LogP contribution in [-0.4, -0.2) is 35.3 Å². The van der Waals surface area contributed by atoms with E-state index in [-0.39, 0.29) is 17.2 Å². The predicted octanol–water partition coefficient (Wildman–Crippen LogP) is 1.53. The molecule has 0 unspecified atom stereocenters. The molecule has 1 aromatic heterocycles. The molecule has 0 atom stereocenters. The Labute approximate surface area is 151 Å². The van der Waals surface area contributed by atoms with E-state index in [4.69, 9.17) is 0 Å². The standard InChI is InChI=1S/C18H18N4O3S/c1-26(24,25)17-8-4-14(5-9-17)10-18(23)20-11-15-2-6-16(7-3-15)22-13-19-12-21-22/h2-9,12-13H,10-11H2,1H3,(H,20,23). The second-order valence-corrected chi connectivity index (χ2v) is 7.89. The molecule has 0 aliphatic heterocycles. The minimum atomic E-state index is -3.22. The first-order valence-electron chi connectivity index (χ1n) is 7.91. The second-order valence-electron chi connectivity index (χ2n) is 5.88. The number of nitrogens with zero attached hydrogens (tertiary/aromatic N) is 3. The number of sulfone groups is 1. The summed E-state index contributed by atoms with van der Waals surface area (Å²) in [5.41, 5.74) is 2.62. The maximum atomic E-state index is 12.1. The lowest BCUT2D eigenvalue weighted by molar-refractivity contribution is -0.120. The highest BCUT2D eigenvalue weighted by Gasteiger charge is 2.08. The van der Waals surface area contributed by atoms with E-state index in [1.807, 2.05) is 24.3 Å². The van der Waals surface area contributed by atoms with Crippen LogP contribution in [0.25, 0.3) is 5.69 Å². The molecule has 2 aromatic carbocycles. The number of aromatic nitrogens is 3. The van der Waals surface area contributed by atoms with Crippen molar-refractivity contribution in [2.45, 2.75) is 17.9 Å². The Morgan fingerprint density at radius 2 is 1.69 bits per heavy atom. The van der Waals surface area contributed by atoms with Crippen LogP contribution in [0.3, 0.4) is 0 Å². The molecule has 1 heterocycles. The molecule has 0 radical (unpaired) electrons. The van der Waals surface area contributed by atoms with Gasteiger partial charge in [-0.25, -0.2) is 18.1 Å². The summed E-state index contributed by atoms with van der Waals surface area (Å²) in [4.78, 5) is 16.2. The average molecular weight is 370 g/mol. The Morgan fingerprint density at radius 1 is 1.04 bits per heavy atom. The van der Waals surface area contributed by atoms with Gasteiger partial charge in [-0.15, -0.1) is 0 Å². The molecular formula is C18H18N4O3S. The van der Waals surface area contributed by atoms with Crippen LogP contribution in [0.4, 0.5) is 0 Å². The molecule has 3 aromatic rings. The number of carbonyl (C=O) groups excluding carboxylic acids is 1. The molecule has 0 aliphatic rings. The van der Waals surface area contributed by atoms with Gasteiger partial charge in [-0.05, 0) is 35.4 Å². The van der Waals surface area contributed by atoms with Gasteiger partial charge < -0.3 is 5.32 Å². The summed E-state index contributed by atoms with van der Waals surface area (Å²) in [7, 11) is -3.22. The molecule has 7 nitrogen and oxygen atoms in total. The molecule has 134 valence electrons. The van der Waals surface area contributed by atoms with Crippen LogP contribution in [-0.2, 0) is 27.6 Å². The van der Waals surface area contributed by atoms with E-state index >= 15 is 0 Å². The topological polar surface area (TPSA) is 94.0 Å². The van der Waals surface area contributed by atoms with Crippen LogP contribution in [0.2, 0.25) is 0 Å². The van der Waals surface area contributed by atoms with E-state index in [9.17, 15) is 13.2 Å². The van der Waals surface area contributed by atoms with Crippen LogP contribution in [0.15, 0.2) is 66.1 Å². The lowest BCUT2D eigenvalue weighted by Crippen LogP contribution is -2.24. The van der Waals surface area contributed by atoms with Crippen molar-refractivity contribution in [2.75, 3.05) is 6.26 Å². The molecule has 0 saturated carbocycles. The van der Waals surface area contributed by atoms with E-state index in [2.05, 4.69) is 15.4 Å². The number of amides is 1. The summed E-state index contributed by atoms with van der Waals surface area (Å²) in [5.74, 6) is -0.127. The van der Waals surface area contributed by atoms with E-state index in [0.717, 1.165) is 23.1 Å². The molecule has 0 spiro atoms. The van der Waals surface area contributed by atoms with Crippen molar-refractivity contribution in [1.82, 2.24) is 20.1 Å². The molecule has 3 rings (SSSR count). The number of benzene rings is 2. The van der Waals surface area contributed by atoms with Gasteiger partial charge in [0.15, 0.2) is 9.84 Å². The van der Waals surface area contributed by atoms with Gasteiger partial charge in [-0.1, -0.05) is 24.3 Å². The van der Waals surface area contributed by atoms with Crippen molar-refractivity contribution in [2.24, 2.45) is 0 Å². The maximum Gasteiger partial charge on any atom is 0.224 e. The number of hydrogen-bond acceptors (Lipinski definition) is 5. The molecular weight excluding hydrogens is 352 g/mol. The van der Waals surface area contributed by atoms with Crippen LogP contribution in [0.5, 0.6) is 0 Å². The van der Waals surface area contributed by atoms with E-state index < -0.39 is 9.84 Å². The quantitative estimate of drug-likeness (QED) is 0.710. The average Bonchev–Trinajstić information content (AvgIpc) is 3.15. The first kappa shape index (κ1) is 17.8. The number of carbonyl (C=O) groups is 1. The summed E-state index contributed by atoms with van der Waals surface area (Å²) in [6.45, 7) is 0.415. The largest absolute Gasteiger partial charge is 0.352 e. The van der Waals surface area contributed by atoms with E-state index in [1.54, 1.807) is 23.1 Å². The van der Waals surface area contributed by atoms with Crippen molar-refractivity contribution < 1.29 is 13.2 Å². The van der Waals surface area contributed by atoms with Crippen molar-refractivity contribution in [1.29, 1.82) is 0 Å². The monoisotopic (exact) mass is 370 g/mol. The predicted molar refractivity (Wildman–Crippen MR) is 96.5 cm³/mol. The van der Waals surface area contributed by atoms with Gasteiger partial charge in [-0.3, -0.25) is 4.79 Å². The summed E-state index contributed by atoms with van der Waals surface area (Å²) in [6, 6.07) is 14.0. The molecule has 26 heavy (non-hydrogen) atoms. The van der Waals surface area contributed by atoms with E-state index in [0.29, 0.717) is 6.54 Å². The lowest BCUT2D eigenvalue weighted by atomic mass is 10.1. The van der Waals surface area contributed by atoms with Crippen LogP contribution in [0, 0.1) is 0 Å².